The van der Waals surface area contributed by atoms with Gasteiger partial charge in [0.1, 0.15) is 5.92 Å². The van der Waals surface area contributed by atoms with Gasteiger partial charge < -0.3 is 4.74 Å². The molecule has 0 saturated carbocycles. The van der Waals surface area contributed by atoms with Gasteiger partial charge in [-0.05, 0) is 18.2 Å². The molecule has 0 amide bonds. The molecule has 1 atom stereocenters. The van der Waals surface area contributed by atoms with E-state index in [1.807, 2.05) is 0 Å². The Morgan fingerprint density at radius 3 is 2.32 bits per heavy atom. The van der Waals surface area contributed by atoms with E-state index >= 15 is 0 Å². The first kappa shape index (κ1) is 13.6. The van der Waals surface area contributed by atoms with Crippen LogP contribution in [-0.2, 0) is 0 Å². The van der Waals surface area contributed by atoms with Crippen molar-refractivity contribution in [3.63, 3.8) is 0 Å². The molecule has 2 rings (SSSR count). The van der Waals surface area contributed by atoms with Crippen molar-refractivity contribution in [3.05, 3.63) is 51.6 Å². The largest absolute Gasteiger partial charge is 0.480 e. The van der Waals surface area contributed by atoms with Gasteiger partial charge in [-0.15, -0.1) is 5.10 Å². The number of hydrogen-bond acceptors (Lipinski definition) is 4. The van der Waals surface area contributed by atoms with Gasteiger partial charge >= 0.3 is 0 Å². The molecule has 0 radical (unpaired) electrons. The number of benzene rings is 1. The Labute approximate surface area is 120 Å². The minimum atomic E-state index is -0.667. The predicted molar refractivity (Wildman–Crippen MR) is 72.5 cm³/mol. The number of ether oxygens (including phenoxy) is 1. The lowest BCUT2D eigenvalue weighted by Gasteiger charge is -2.12. The summed E-state index contributed by atoms with van der Waals surface area (Å²) in [6.07, 6.45) is 0. The van der Waals surface area contributed by atoms with Crippen molar-refractivity contribution in [1.82, 2.24) is 10.2 Å². The Bertz CT molecular complexity index is 603. The number of methoxy groups -OCH3 is 1. The standard InChI is InChI=1S/C13H9Cl2N3O/c1-19-12-6-5-11(17-18-12)8(7-16)13-9(14)3-2-4-10(13)15/h2-6,8H,1H3. The summed E-state index contributed by atoms with van der Waals surface area (Å²) in [5, 5.41) is 18.0. The summed E-state index contributed by atoms with van der Waals surface area (Å²) in [6.45, 7) is 0. The summed E-state index contributed by atoms with van der Waals surface area (Å²) in [5.41, 5.74) is 1.01. The lowest BCUT2D eigenvalue weighted by Crippen LogP contribution is -2.04. The molecule has 0 spiro atoms. The zero-order valence-electron chi connectivity index (χ0n) is 9.97. The Hall–Kier alpha value is -1.83. The Balaban J connectivity index is 2.48. The lowest BCUT2D eigenvalue weighted by molar-refractivity contribution is 0.391. The number of rotatable bonds is 3. The Morgan fingerprint density at radius 1 is 1.16 bits per heavy atom. The highest BCUT2D eigenvalue weighted by Crippen LogP contribution is 2.34. The highest BCUT2D eigenvalue weighted by atomic mass is 35.5. The van der Waals surface area contributed by atoms with E-state index in [9.17, 15) is 5.26 Å². The van der Waals surface area contributed by atoms with Crippen molar-refractivity contribution in [1.29, 1.82) is 5.26 Å². The molecule has 4 nitrogen and oxygen atoms in total. The van der Waals surface area contributed by atoms with Crippen LogP contribution in [0.5, 0.6) is 5.88 Å². The van der Waals surface area contributed by atoms with Gasteiger partial charge in [0, 0.05) is 21.7 Å². The van der Waals surface area contributed by atoms with E-state index < -0.39 is 5.92 Å². The molecule has 1 aromatic carbocycles. The van der Waals surface area contributed by atoms with Crippen LogP contribution in [0.1, 0.15) is 17.2 Å². The highest BCUT2D eigenvalue weighted by molar-refractivity contribution is 6.36. The average Bonchev–Trinajstić information content (AvgIpc) is 2.43. The minimum absolute atomic E-state index is 0.380. The molecule has 96 valence electrons. The van der Waals surface area contributed by atoms with Gasteiger partial charge in [-0.3, -0.25) is 0 Å². The highest BCUT2D eigenvalue weighted by Gasteiger charge is 2.21. The molecular weight excluding hydrogens is 285 g/mol. The second kappa shape index (κ2) is 5.87. The molecule has 1 unspecified atom stereocenters. The number of hydrogen-bond donors (Lipinski definition) is 0. The van der Waals surface area contributed by atoms with Crippen LogP contribution >= 0.6 is 23.2 Å². The van der Waals surface area contributed by atoms with E-state index in [-0.39, 0.29) is 0 Å². The van der Waals surface area contributed by atoms with E-state index in [1.165, 1.54) is 7.11 Å². The van der Waals surface area contributed by atoms with Gasteiger partial charge in [-0.1, -0.05) is 29.3 Å². The van der Waals surface area contributed by atoms with Crippen LogP contribution in [0.4, 0.5) is 0 Å². The minimum Gasteiger partial charge on any atom is -0.480 e. The molecule has 1 aromatic heterocycles. The van der Waals surface area contributed by atoms with E-state index in [1.54, 1.807) is 30.3 Å². The molecule has 0 N–H and O–H groups in total. The number of aromatic nitrogens is 2. The molecule has 6 heteroatoms. The van der Waals surface area contributed by atoms with Crippen molar-refractivity contribution in [2.75, 3.05) is 7.11 Å². The zero-order valence-corrected chi connectivity index (χ0v) is 11.5. The monoisotopic (exact) mass is 293 g/mol. The molecule has 1 heterocycles. The van der Waals surface area contributed by atoms with Gasteiger partial charge in [0.25, 0.3) is 0 Å². The first-order valence-electron chi connectivity index (χ1n) is 5.38. The van der Waals surface area contributed by atoms with Crippen molar-refractivity contribution >= 4 is 23.2 Å². The maximum atomic E-state index is 9.34. The third-order valence-corrected chi connectivity index (χ3v) is 3.24. The first-order chi connectivity index (χ1) is 9.17. The predicted octanol–water partition coefficient (Wildman–Crippen LogP) is 3.45. The molecule has 2 aromatic rings. The van der Waals surface area contributed by atoms with Crippen molar-refractivity contribution in [2.24, 2.45) is 0 Å². The fourth-order valence-electron chi connectivity index (χ4n) is 1.66. The summed E-state index contributed by atoms with van der Waals surface area (Å²) in [5.74, 6) is -0.287. The fourth-order valence-corrected chi connectivity index (χ4v) is 2.27. The van der Waals surface area contributed by atoms with Gasteiger partial charge in [-0.25, -0.2) is 0 Å². The zero-order chi connectivity index (χ0) is 13.8. The molecule has 0 bridgehead atoms. The molecular formula is C13H9Cl2N3O. The van der Waals surface area contributed by atoms with Gasteiger partial charge in [0.2, 0.25) is 5.88 Å². The second-order valence-corrected chi connectivity index (χ2v) is 4.51. The van der Waals surface area contributed by atoms with Gasteiger partial charge in [0.05, 0.1) is 18.9 Å². The average molecular weight is 294 g/mol. The van der Waals surface area contributed by atoms with Gasteiger partial charge in [-0.2, -0.15) is 10.4 Å². The van der Waals surface area contributed by atoms with E-state index in [4.69, 9.17) is 27.9 Å². The molecule has 0 aliphatic heterocycles. The van der Waals surface area contributed by atoms with Crippen LogP contribution in [0.25, 0.3) is 0 Å². The third kappa shape index (κ3) is 2.78. The summed E-state index contributed by atoms with van der Waals surface area (Å²) in [6, 6.07) is 10.5. The normalized spacial score (nSPS) is 11.7. The van der Waals surface area contributed by atoms with Crippen LogP contribution < -0.4 is 4.74 Å². The Morgan fingerprint density at radius 2 is 1.84 bits per heavy atom. The molecule has 0 saturated heterocycles. The van der Waals surface area contributed by atoms with E-state index in [2.05, 4.69) is 16.3 Å². The third-order valence-electron chi connectivity index (χ3n) is 2.58. The summed E-state index contributed by atoms with van der Waals surface area (Å²) in [7, 11) is 1.50. The lowest BCUT2D eigenvalue weighted by atomic mass is 9.97. The smallest absolute Gasteiger partial charge is 0.233 e. The number of nitrogens with zero attached hydrogens (tertiary/aromatic N) is 3. The molecule has 0 aliphatic rings. The van der Waals surface area contributed by atoms with E-state index in [0.717, 1.165) is 0 Å². The quantitative estimate of drug-likeness (QED) is 0.870. The van der Waals surface area contributed by atoms with Crippen molar-refractivity contribution in [2.45, 2.75) is 5.92 Å². The summed E-state index contributed by atoms with van der Waals surface area (Å²) >= 11 is 12.2. The number of nitriles is 1. The summed E-state index contributed by atoms with van der Waals surface area (Å²) < 4.78 is 4.93. The van der Waals surface area contributed by atoms with Crippen molar-refractivity contribution < 1.29 is 4.74 Å². The van der Waals surface area contributed by atoms with E-state index in [0.29, 0.717) is 27.2 Å². The first-order valence-corrected chi connectivity index (χ1v) is 6.14. The second-order valence-electron chi connectivity index (χ2n) is 3.70. The topological polar surface area (TPSA) is 58.8 Å². The number of halogens is 2. The van der Waals surface area contributed by atoms with Crippen LogP contribution in [0.3, 0.4) is 0 Å². The maximum Gasteiger partial charge on any atom is 0.233 e. The molecule has 0 aliphatic carbocycles. The summed E-state index contributed by atoms with van der Waals surface area (Å²) in [4.78, 5) is 0. The SMILES string of the molecule is COc1ccc(C(C#N)c2c(Cl)cccc2Cl)nn1. The van der Waals surface area contributed by atoms with Crippen LogP contribution in [0.15, 0.2) is 30.3 Å². The van der Waals surface area contributed by atoms with Crippen LogP contribution in [0, 0.1) is 11.3 Å². The molecule has 19 heavy (non-hydrogen) atoms. The maximum absolute atomic E-state index is 9.34. The molecule has 0 fully saturated rings. The fraction of sp³-hybridized carbons (Fsp3) is 0.154. The van der Waals surface area contributed by atoms with Crippen LogP contribution in [0.2, 0.25) is 10.0 Å². The van der Waals surface area contributed by atoms with Gasteiger partial charge in [0.15, 0.2) is 0 Å². The van der Waals surface area contributed by atoms with Crippen LogP contribution in [-0.4, -0.2) is 17.3 Å². The van der Waals surface area contributed by atoms with Crippen molar-refractivity contribution in [3.8, 4) is 11.9 Å². The Kier molecular flexibility index (Phi) is 4.20.